The summed E-state index contributed by atoms with van der Waals surface area (Å²) in [5.74, 6) is 0. The zero-order valence-corrected chi connectivity index (χ0v) is 5.83. The van der Waals surface area contributed by atoms with E-state index < -0.39 is 6.10 Å². The molecule has 0 aromatic carbocycles. The first-order valence-corrected chi connectivity index (χ1v) is 2.60. The molecular formula is C5H15NO3. The van der Waals surface area contributed by atoms with Crippen molar-refractivity contribution in [1.29, 1.82) is 0 Å². The van der Waals surface area contributed by atoms with Gasteiger partial charge >= 0.3 is 0 Å². The van der Waals surface area contributed by atoms with E-state index in [1.165, 1.54) is 0 Å². The molecule has 0 aliphatic carbocycles. The van der Waals surface area contributed by atoms with Gasteiger partial charge in [-0.1, -0.05) is 0 Å². The molecule has 1 unspecified atom stereocenters. The topological polar surface area (TPSA) is 75.2 Å². The van der Waals surface area contributed by atoms with Crippen molar-refractivity contribution in [2.24, 2.45) is 0 Å². The summed E-state index contributed by atoms with van der Waals surface area (Å²) in [7, 11) is 3.69. The Kier molecular flexibility index (Phi) is 7.70. The highest BCUT2D eigenvalue weighted by Crippen LogP contribution is 1.81. The summed E-state index contributed by atoms with van der Waals surface area (Å²) in [5, 5.41) is 17.0. The Morgan fingerprint density at radius 1 is 1.44 bits per heavy atom. The lowest BCUT2D eigenvalue weighted by Crippen LogP contribution is -2.28. The molecule has 4 heteroatoms. The van der Waals surface area contributed by atoms with Crippen molar-refractivity contribution in [2.75, 3.05) is 27.2 Å². The average molecular weight is 137 g/mol. The third-order valence-electron chi connectivity index (χ3n) is 0.787. The number of aliphatic hydroxyl groups excluding tert-OH is 2. The van der Waals surface area contributed by atoms with Gasteiger partial charge in [0.1, 0.15) is 0 Å². The predicted octanol–water partition coefficient (Wildman–Crippen LogP) is -1.92. The van der Waals surface area contributed by atoms with Gasteiger partial charge in [0.15, 0.2) is 0 Å². The van der Waals surface area contributed by atoms with Crippen molar-refractivity contribution in [3.8, 4) is 0 Å². The molecule has 9 heavy (non-hydrogen) atoms. The zero-order chi connectivity index (χ0) is 6.57. The van der Waals surface area contributed by atoms with E-state index in [4.69, 9.17) is 10.2 Å². The van der Waals surface area contributed by atoms with E-state index in [0.29, 0.717) is 6.54 Å². The summed E-state index contributed by atoms with van der Waals surface area (Å²) in [5.41, 5.74) is 0. The number of hydrogen-bond donors (Lipinski definition) is 2. The van der Waals surface area contributed by atoms with Gasteiger partial charge in [0, 0.05) is 6.54 Å². The minimum Gasteiger partial charge on any atom is -0.412 e. The summed E-state index contributed by atoms with van der Waals surface area (Å²) in [6, 6.07) is 0. The van der Waals surface area contributed by atoms with E-state index in [2.05, 4.69) is 0 Å². The minimum atomic E-state index is -0.593. The molecule has 0 aromatic heterocycles. The number of likely N-dealkylation sites (N-methyl/N-ethyl adjacent to an activating group) is 1. The van der Waals surface area contributed by atoms with Gasteiger partial charge in [-0.3, -0.25) is 0 Å². The highest BCUT2D eigenvalue weighted by Gasteiger charge is 2.00. The molecule has 4 N–H and O–H groups in total. The largest absolute Gasteiger partial charge is 0.412 e. The quantitative estimate of drug-likeness (QED) is 0.476. The summed E-state index contributed by atoms with van der Waals surface area (Å²) in [6.07, 6.45) is -0.593. The Bertz CT molecular complexity index is 58.2. The highest BCUT2D eigenvalue weighted by atomic mass is 16.3. The molecule has 0 saturated carbocycles. The van der Waals surface area contributed by atoms with Gasteiger partial charge in [-0.25, -0.2) is 0 Å². The predicted molar refractivity (Wildman–Crippen MR) is 35.3 cm³/mol. The molecule has 0 aliphatic rings. The van der Waals surface area contributed by atoms with Gasteiger partial charge < -0.3 is 20.6 Å². The summed E-state index contributed by atoms with van der Waals surface area (Å²) < 4.78 is 0. The van der Waals surface area contributed by atoms with Crippen LogP contribution >= 0.6 is 0 Å². The van der Waals surface area contributed by atoms with Crippen LogP contribution in [0.3, 0.4) is 0 Å². The van der Waals surface area contributed by atoms with Crippen LogP contribution in [0, 0.1) is 0 Å². The molecule has 0 fully saturated rings. The first-order valence-electron chi connectivity index (χ1n) is 2.60. The van der Waals surface area contributed by atoms with Crippen molar-refractivity contribution in [1.82, 2.24) is 4.90 Å². The van der Waals surface area contributed by atoms with Crippen LogP contribution in [0.15, 0.2) is 0 Å². The van der Waals surface area contributed by atoms with Crippen LogP contribution < -0.4 is 0 Å². The molecule has 0 rings (SSSR count). The summed E-state index contributed by atoms with van der Waals surface area (Å²) in [4.78, 5) is 1.82. The Labute approximate surface area is 55.0 Å². The number of hydrogen-bond acceptors (Lipinski definition) is 3. The van der Waals surface area contributed by atoms with Gasteiger partial charge in [0.25, 0.3) is 0 Å². The Hall–Kier alpha value is -0.160. The third-order valence-corrected chi connectivity index (χ3v) is 0.787. The molecule has 4 nitrogen and oxygen atoms in total. The maximum atomic E-state index is 8.74. The summed E-state index contributed by atoms with van der Waals surface area (Å²) in [6.45, 7) is 0.370. The lowest BCUT2D eigenvalue weighted by molar-refractivity contribution is 0.0728. The fraction of sp³-hybridized carbons (Fsp3) is 1.00. The van der Waals surface area contributed by atoms with Crippen LogP contribution in [0.5, 0.6) is 0 Å². The molecule has 0 aliphatic heterocycles. The molecular weight excluding hydrogens is 122 g/mol. The molecule has 0 amide bonds. The van der Waals surface area contributed by atoms with Crippen LogP contribution in [-0.2, 0) is 0 Å². The fourth-order valence-electron chi connectivity index (χ4n) is 0.479. The van der Waals surface area contributed by atoms with Crippen LogP contribution in [-0.4, -0.2) is 53.9 Å². The SMILES string of the molecule is CN(C)CC(O)CO.O. The Morgan fingerprint density at radius 3 is 2.00 bits per heavy atom. The van der Waals surface area contributed by atoms with Crippen molar-refractivity contribution in [2.45, 2.75) is 6.10 Å². The van der Waals surface area contributed by atoms with Crippen LogP contribution in [0.25, 0.3) is 0 Å². The molecule has 58 valence electrons. The molecule has 1 atom stereocenters. The maximum Gasteiger partial charge on any atom is 0.0897 e. The van der Waals surface area contributed by atoms with E-state index >= 15 is 0 Å². The minimum absolute atomic E-state index is 0. The van der Waals surface area contributed by atoms with Gasteiger partial charge in [0.05, 0.1) is 12.7 Å². The normalized spacial score (nSPS) is 13.0. The first kappa shape index (κ1) is 11.6. The van der Waals surface area contributed by atoms with E-state index in [-0.39, 0.29) is 12.1 Å². The zero-order valence-electron chi connectivity index (χ0n) is 5.83. The van der Waals surface area contributed by atoms with Gasteiger partial charge in [-0.05, 0) is 14.1 Å². The second kappa shape index (κ2) is 5.97. The standard InChI is InChI=1S/C5H13NO2.H2O/c1-6(2)3-5(8)4-7;/h5,7-8H,3-4H2,1-2H3;1H2. The molecule has 0 radical (unpaired) electrons. The van der Waals surface area contributed by atoms with Gasteiger partial charge in [-0.2, -0.15) is 0 Å². The van der Waals surface area contributed by atoms with Crippen LogP contribution in [0.4, 0.5) is 0 Å². The van der Waals surface area contributed by atoms with E-state index in [9.17, 15) is 0 Å². The highest BCUT2D eigenvalue weighted by molar-refractivity contribution is 4.54. The van der Waals surface area contributed by atoms with E-state index in [1.807, 2.05) is 19.0 Å². The second-order valence-electron chi connectivity index (χ2n) is 2.10. The summed E-state index contributed by atoms with van der Waals surface area (Å²) >= 11 is 0. The van der Waals surface area contributed by atoms with Crippen molar-refractivity contribution in [3.05, 3.63) is 0 Å². The molecule has 0 heterocycles. The van der Waals surface area contributed by atoms with Crippen molar-refractivity contribution >= 4 is 0 Å². The van der Waals surface area contributed by atoms with Gasteiger partial charge in [-0.15, -0.1) is 0 Å². The van der Waals surface area contributed by atoms with Crippen LogP contribution in [0.2, 0.25) is 0 Å². The van der Waals surface area contributed by atoms with E-state index in [0.717, 1.165) is 0 Å². The fourth-order valence-corrected chi connectivity index (χ4v) is 0.479. The number of nitrogens with zero attached hydrogens (tertiary/aromatic N) is 1. The lowest BCUT2D eigenvalue weighted by atomic mass is 10.4. The second-order valence-corrected chi connectivity index (χ2v) is 2.10. The number of aliphatic hydroxyl groups is 2. The van der Waals surface area contributed by atoms with Crippen molar-refractivity contribution < 1.29 is 15.7 Å². The maximum absolute atomic E-state index is 8.74. The number of rotatable bonds is 3. The van der Waals surface area contributed by atoms with Gasteiger partial charge in [0.2, 0.25) is 0 Å². The molecule has 0 bridgehead atoms. The van der Waals surface area contributed by atoms with E-state index in [1.54, 1.807) is 0 Å². The van der Waals surface area contributed by atoms with Crippen molar-refractivity contribution in [3.63, 3.8) is 0 Å². The van der Waals surface area contributed by atoms with Crippen LogP contribution in [0.1, 0.15) is 0 Å². The molecule has 0 saturated heterocycles. The third kappa shape index (κ3) is 7.84. The lowest BCUT2D eigenvalue weighted by Gasteiger charge is -2.12. The Balaban J connectivity index is 0. The monoisotopic (exact) mass is 137 g/mol. The Morgan fingerprint density at radius 2 is 1.89 bits per heavy atom. The molecule has 0 spiro atoms. The smallest absolute Gasteiger partial charge is 0.0897 e. The average Bonchev–Trinajstić information content (AvgIpc) is 1.65. The molecule has 0 aromatic rings. The first-order chi connectivity index (χ1) is 3.66.